The molecule has 0 aliphatic carbocycles. The number of hydrogen-bond donors (Lipinski definition) is 1. The zero-order chi connectivity index (χ0) is 15.1. The highest BCUT2D eigenvalue weighted by molar-refractivity contribution is 9.10. The van der Waals surface area contributed by atoms with Gasteiger partial charge in [-0.15, -0.1) is 0 Å². The number of benzene rings is 2. The first-order valence-electron chi connectivity index (χ1n) is 6.28. The highest BCUT2D eigenvalue weighted by Gasteiger charge is 2.36. The average molecular weight is 414 g/mol. The minimum Gasteiger partial charge on any atom is -0.316 e. The van der Waals surface area contributed by atoms with Crippen LogP contribution in [0.2, 0.25) is 0 Å². The number of amides is 1. The molecule has 1 unspecified atom stereocenters. The summed E-state index contributed by atoms with van der Waals surface area (Å²) in [5, 5.41) is 0. The maximum atomic E-state index is 13.4. The van der Waals surface area contributed by atoms with Gasteiger partial charge in [-0.3, -0.25) is 4.79 Å². The van der Waals surface area contributed by atoms with Gasteiger partial charge in [0.05, 0.1) is 12.2 Å². The van der Waals surface area contributed by atoms with Gasteiger partial charge in [0.1, 0.15) is 11.9 Å². The molecule has 0 bridgehead atoms. The molecule has 2 aromatic rings. The Bertz CT molecular complexity index is 736. The fourth-order valence-corrected chi connectivity index (χ4v) is 3.45. The number of carbonyl (C=O) groups is 1. The molecule has 6 heteroatoms. The highest BCUT2D eigenvalue weighted by Crippen LogP contribution is 2.40. The molecule has 3 rings (SSSR count). The van der Waals surface area contributed by atoms with E-state index >= 15 is 0 Å². The summed E-state index contributed by atoms with van der Waals surface area (Å²) in [7, 11) is 0. The van der Waals surface area contributed by atoms with Crippen molar-refractivity contribution in [2.45, 2.75) is 12.6 Å². The van der Waals surface area contributed by atoms with Gasteiger partial charge in [-0.25, -0.2) is 4.39 Å². The molecule has 0 spiro atoms. The van der Waals surface area contributed by atoms with E-state index in [0.717, 1.165) is 20.2 Å². The summed E-state index contributed by atoms with van der Waals surface area (Å²) in [5.41, 5.74) is 8.23. The Morgan fingerprint density at radius 3 is 2.71 bits per heavy atom. The minimum atomic E-state index is -0.692. The van der Waals surface area contributed by atoms with Gasteiger partial charge in [0, 0.05) is 14.5 Å². The predicted molar refractivity (Wildman–Crippen MR) is 86.4 cm³/mol. The smallest absolute Gasteiger partial charge is 0.248 e. The van der Waals surface area contributed by atoms with Crippen LogP contribution in [0.5, 0.6) is 0 Å². The fourth-order valence-electron chi connectivity index (χ4n) is 2.48. The Morgan fingerprint density at radius 2 is 1.95 bits per heavy atom. The molecule has 108 valence electrons. The molecule has 2 N–H and O–H groups in total. The lowest BCUT2D eigenvalue weighted by molar-refractivity contribution is -0.119. The number of hydrogen-bond acceptors (Lipinski definition) is 2. The number of nitrogens with two attached hydrogens (primary N) is 1. The Balaban J connectivity index is 2.03. The van der Waals surface area contributed by atoms with Crippen LogP contribution in [-0.4, -0.2) is 5.91 Å². The van der Waals surface area contributed by atoms with E-state index in [-0.39, 0.29) is 18.3 Å². The molecule has 2 aromatic carbocycles. The third-order valence-electron chi connectivity index (χ3n) is 3.50. The van der Waals surface area contributed by atoms with Crippen molar-refractivity contribution in [1.82, 2.24) is 0 Å². The normalized spacial score (nSPS) is 17.2. The Morgan fingerprint density at radius 1 is 1.19 bits per heavy atom. The fraction of sp³-hybridized carbons (Fsp3) is 0.133. The molecule has 21 heavy (non-hydrogen) atoms. The van der Waals surface area contributed by atoms with Gasteiger partial charge < -0.3 is 10.6 Å². The van der Waals surface area contributed by atoms with Crippen LogP contribution in [0.15, 0.2) is 45.3 Å². The van der Waals surface area contributed by atoms with E-state index in [1.807, 2.05) is 18.2 Å². The Hall–Kier alpha value is -1.24. The van der Waals surface area contributed by atoms with Gasteiger partial charge in [0.15, 0.2) is 0 Å². The van der Waals surface area contributed by atoms with Crippen molar-refractivity contribution >= 4 is 43.5 Å². The van der Waals surface area contributed by atoms with Gasteiger partial charge in [0.25, 0.3) is 0 Å². The summed E-state index contributed by atoms with van der Waals surface area (Å²) in [6, 6.07) is 9.28. The Labute approximate surface area is 138 Å². The van der Waals surface area contributed by atoms with Gasteiger partial charge in [-0.1, -0.05) is 37.9 Å². The van der Waals surface area contributed by atoms with Gasteiger partial charge in [0.2, 0.25) is 5.91 Å². The first-order chi connectivity index (χ1) is 9.99. The molecule has 3 nitrogen and oxygen atoms in total. The van der Waals surface area contributed by atoms with E-state index in [9.17, 15) is 9.18 Å². The van der Waals surface area contributed by atoms with E-state index < -0.39 is 6.04 Å². The van der Waals surface area contributed by atoms with Gasteiger partial charge >= 0.3 is 0 Å². The number of rotatable bonds is 2. The van der Waals surface area contributed by atoms with E-state index in [0.29, 0.717) is 5.56 Å². The number of halogens is 3. The van der Waals surface area contributed by atoms with Crippen LogP contribution in [0.4, 0.5) is 10.1 Å². The number of nitrogens with zero attached hydrogens (tertiary/aromatic N) is 1. The van der Waals surface area contributed by atoms with Crippen molar-refractivity contribution < 1.29 is 9.18 Å². The monoisotopic (exact) mass is 412 g/mol. The summed E-state index contributed by atoms with van der Waals surface area (Å²) in [5.74, 6) is -0.522. The molecule has 1 amide bonds. The van der Waals surface area contributed by atoms with Gasteiger partial charge in [-0.2, -0.15) is 0 Å². The molecule has 1 aliphatic heterocycles. The molecular weight excluding hydrogens is 403 g/mol. The average Bonchev–Trinajstić information content (AvgIpc) is 2.69. The van der Waals surface area contributed by atoms with Crippen molar-refractivity contribution in [3.63, 3.8) is 0 Å². The molecule has 1 aliphatic rings. The summed E-state index contributed by atoms with van der Waals surface area (Å²) in [6.45, 7) is 0.272. The van der Waals surface area contributed by atoms with E-state index in [1.165, 1.54) is 12.1 Å². The van der Waals surface area contributed by atoms with E-state index in [2.05, 4.69) is 31.9 Å². The zero-order valence-electron chi connectivity index (χ0n) is 10.8. The van der Waals surface area contributed by atoms with Crippen LogP contribution in [-0.2, 0) is 11.3 Å². The van der Waals surface area contributed by atoms with Crippen molar-refractivity contribution in [3.05, 3.63) is 62.3 Å². The summed E-state index contributed by atoms with van der Waals surface area (Å²) < 4.78 is 15.0. The van der Waals surface area contributed by atoms with Crippen LogP contribution >= 0.6 is 31.9 Å². The SMILES string of the molecule is NC1C(=O)N(Cc2cc(F)ccc2Br)c2cccc(Br)c21. The molecule has 0 radical (unpaired) electrons. The maximum Gasteiger partial charge on any atom is 0.248 e. The number of fused-ring (bicyclic) bond motifs is 1. The summed E-state index contributed by atoms with van der Waals surface area (Å²) >= 11 is 6.81. The summed E-state index contributed by atoms with van der Waals surface area (Å²) in [4.78, 5) is 14.0. The maximum absolute atomic E-state index is 13.4. The molecule has 0 saturated heterocycles. The topological polar surface area (TPSA) is 46.3 Å². The standard InChI is InChI=1S/C15H11Br2FN2O/c16-10-5-4-9(18)6-8(10)7-20-12-3-1-2-11(17)13(12)14(19)15(20)21/h1-6,14H,7,19H2. The largest absolute Gasteiger partial charge is 0.316 e. The second kappa shape index (κ2) is 5.51. The van der Waals surface area contributed by atoms with Gasteiger partial charge in [-0.05, 0) is 35.9 Å². The van der Waals surface area contributed by atoms with Crippen molar-refractivity contribution in [3.8, 4) is 0 Å². The highest BCUT2D eigenvalue weighted by atomic mass is 79.9. The second-order valence-corrected chi connectivity index (χ2v) is 6.52. The quantitative estimate of drug-likeness (QED) is 0.811. The predicted octanol–water partition coefficient (Wildman–Crippen LogP) is 3.90. The number of anilines is 1. The van der Waals surface area contributed by atoms with Crippen molar-refractivity contribution in [2.75, 3.05) is 4.90 Å². The lowest BCUT2D eigenvalue weighted by atomic mass is 10.1. The molecular formula is C15H11Br2FN2O. The molecule has 0 fully saturated rings. The molecule has 0 aromatic heterocycles. The zero-order valence-corrected chi connectivity index (χ0v) is 14.0. The minimum absolute atomic E-state index is 0.187. The van der Waals surface area contributed by atoms with Crippen molar-refractivity contribution in [2.24, 2.45) is 5.73 Å². The van der Waals surface area contributed by atoms with Crippen LogP contribution in [0.1, 0.15) is 17.2 Å². The molecule has 1 atom stereocenters. The van der Waals surface area contributed by atoms with E-state index in [1.54, 1.807) is 11.0 Å². The Kier molecular flexibility index (Phi) is 3.86. The first-order valence-corrected chi connectivity index (χ1v) is 7.87. The van der Waals surface area contributed by atoms with Crippen LogP contribution in [0, 0.1) is 5.82 Å². The third kappa shape index (κ3) is 2.52. The third-order valence-corrected chi connectivity index (χ3v) is 4.97. The summed E-state index contributed by atoms with van der Waals surface area (Å²) in [6.07, 6.45) is 0. The van der Waals surface area contributed by atoms with Crippen LogP contribution in [0.25, 0.3) is 0 Å². The first kappa shape index (κ1) is 14.7. The van der Waals surface area contributed by atoms with Crippen molar-refractivity contribution in [1.29, 1.82) is 0 Å². The second-order valence-electron chi connectivity index (χ2n) is 4.81. The number of carbonyl (C=O) groups excluding carboxylic acids is 1. The van der Waals surface area contributed by atoms with Crippen LogP contribution < -0.4 is 10.6 Å². The molecule has 1 heterocycles. The van der Waals surface area contributed by atoms with Crippen LogP contribution in [0.3, 0.4) is 0 Å². The van der Waals surface area contributed by atoms with E-state index in [4.69, 9.17) is 5.73 Å². The lowest BCUT2D eigenvalue weighted by Crippen LogP contribution is -2.31. The lowest BCUT2D eigenvalue weighted by Gasteiger charge is -2.18. The molecule has 0 saturated carbocycles.